The Kier molecular flexibility index (Phi) is 2.85. The van der Waals surface area contributed by atoms with E-state index >= 15 is 0 Å². The lowest BCUT2D eigenvalue weighted by atomic mass is 10.3. The highest BCUT2D eigenvalue weighted by Crippen LogP contribution is 2.12. The maximum Gasteiger partial charge on any atom is 0.280 e. The fourth-order valence-electron chi connectivity index (χ4n) is 1.08. The summed E-state index contributed by atoms with van der Waals surface area (Å²) in [5.74, 6) is 0.0792. The van der Waals surface area contributed by atoms with Crippen molar-refractivity contribution >= 4 is 18.1 Å². The van der Waals surface area contributed by atoms with Crippen molar-refractivity contribution in [2.24, 2.45) is 7.05 Å². The Balaban J connectivity index is 3.10. The molecule has 1 aromatic rings. The number of nitrogens with zero attached hydrogens (tertiary/aromatic N) is 3. The van der Waals surface area contributed by atoms with Crippen LogP contribution in [0.25, 0.3) is 0 Å². The first kappa shape index (κ1) is 10.2. The second-order valence-electron chi connectivity index (χ2n) is 2.82. The largest absolute Gasteiger partial charge is 0.371 e. The molecular weight excluding hydrogens is 184 g/mol. The maximum absolute atomic E-state index is 11.6. The number of carbonyl (C=O) groups excluding carboxylic acids is 2. The van der Waals surface area contributed by atoms with Crippen LogP contribution in [0.4, 0.5) is 5.82 Å². The molecule has 0 aliphatic rings. The average molecular weight is 196 g/mol. The molecule has 14 heavy (non-hydrogen) atoms. The molecular formula is C8H12N4O2. The maximum atomic E-state index is 11.6. The molecule has 0 fully saturated rings. The standard InChI is InChI=1S/C8H12N4O2/c1-9-7-6(11(2)4-10-7)8(14)12(3)5-13/h4-5,9H,1-3H3. The number of hydrogen-bond donors (Lipinski definition) is 1. The fraction of sp³-hybridized carbons (Fsp3) is 0.375. The van der Waals surface area contributed by atoms with Crippen molar-refractivity contribution in [2.75, 3.05) is 19.4 Å². The van der Waals surface area contributed by atoms with Gasteiger partial charge in [0.1, 0.15) is 0 Å². The van der Waals surface area contributed by atoms with E-state index in [-0.39, 0.29) is 5.91 Å². The molecule has 0 saturated heterocycles. The minimum atomic E-state index is -0.385. The van der Waals surface area contributed by atoms with Gasteiger partial charge in [-0.15, -0.1) is 0 Å². The van der Waals surface area contributed by atoms with Gasteiger partial charge in [0.2, 0.25) is 6.41 Å². The van der Waals surface area contributed by atoms with Gasteiger partial charge in [0.05, 0.1) is 6.33 Å². The third-order valence-corrected chi connectivity index (χ3v) is 1.85. The van der Waals surface area contributed by atoms with Gasteiger partial charge >= 0.3 is 0 Å². The van der Waals surface area contributed by atoms with Gasteiger partial charge in [0.15, 0.2) is 11.5 Å². The Morgan fingerprint density at radius 1 is 1.71 bits per heavy atom. The summed E-state index contributed by atoms with van der Waals surface area (Å²) in [6, 6.07) is 0. The van der Waals surface area contributed by atoms with E-state index in [2.05, 4.69) is 10.3 Å². The number of aryl methyl sites for hydroxylation is 1. The summed E-state index contributed by atoms with van der Waals surface area (Å²) in [5, 5.41) is 2.78. The van der Waals surface area contributed by atoms with E-state index in [1.165, 1.54) is 13.4 Å². The Morgan fingerprint density at radius 2 is 2.36 bits per heavy atom. The van der Waals surface area contributed by atoms with Crippen LogP contribution in [0.5, 0.6) is 0 Å². The third kappa shape index (κ3) is 1.59. The van der Waals surface area contributed by atoms with Crippen molar-refractivity contribution in [3.63, 3.8) is 0 Å². The molecule has 0 spiro atoms. The van der Waals surface area contributed by atoms with Crippen molar-refractivity contribution in [3.8, 4) is 0 Å². The lowest BCUT2D eigenvalue weighted by molar-refractivity contribution is -0.115. The van der Waals surface area contributed by atoms with Crippen LogP contribution in [0.3, 0.4) is 0 Å². The van der Waals surface area contributed by atoms with Crippen LogP contribution >= 0.6 is 0 Å². The van der Waals surface area contributed by atoms with Gasteiger partial charge in [-0.3, -0.25) is 14.5 Å². The first-order chi connectivity index (χ1) is 6.61. The van der Waals surface area contributed by atoms with Crippen LogP contribution in [-0.2, 0) is 11.8 Å². The normalized spacial score (nSPS) is 9.64. The van der Waals surface area contributed by atoms with Crippen LogP contribution < -0.4 is 5.32 Å². The number of nitrogens with one attached hydrogen (secondary N) is 1. The zero-order valence-electron chi connectivity index (χ0n) is 8.31. The highest BCUT2D eigenvalue weighted by molar-refractivity contribution is 6.01. The van der Waals surface area contributed by atoms with E-state index in [4.69, 9.17) is 0 Å². The van der Waals surface area contributed by atoms with Crippen molar-refractivity contribution in [1.82, 2.24) is 14.5 Å². The monoisotopic (exact) mass is 196 g/mol. The SMILES string of the molecule is CNc1ncn(C)c1C(=O)N(C)C=O. The fourth-order valence-corrected chi connectivity index (χ4v) is 1.08. The van der Waals surface area contributed by atoms with E-state index in [0.717, 1.165) is 4.90 Å². The molecule has 0 bridgehead atoms. The minimum absolute atomic E-state index is 0.363. The predicted molar refractivity (Wildman–Crippen MR) is 50.9 cm³/mol. The first-order valence-corrected chi connectivity index (χ1v) is 4.03. The summed E-state index contributed by atoms with van der Waals surface area (Å²) < 4.78 is 1.56. The quantitative estimate of drug-likeness (QED) is 0.673. The van der Waals surface area contributed by atoms with Gasteiger partial charge in [-0.25, -0.2) is 4.98 Å². The summed E-state index contributed by atoms with van der Waals surface area (Å²) in [6.07, 6.45) is 1.98. The van der Waals surface area contributed by atoms with Gasteiger partial charge in [-0.05, 0) is 0 Å². The second kappa shape index (κ2) is 3.91. The van der Waals surface area contributed by atoms with E-state index in [9.17, 15) is 9.59 Å². The number of amides is 2. The molecule has 0 atom stereocenters. The molecule has 0 unspecified atom stereocenters. The number of rotatable bonds is 3. The Bertz CT molecular complexity index is 358. The first-order valence-electron chi connectivity index (χ1n) is 4.03. The summed E-state index contributed by atoms with van der Waals surface area (Å²) in [5.41, 5.74) is 0.363. The highest BCUT2D eigenvalue weighted by Gasteiger charge is 2.19. The average Bonchev–Trinajstić information content (AvgIpc) is 2.57. The van der Waals surface area contributed by atoms with E-state index < -0.39 is 0 Å². The second-order valence-corrected chi connectivity index (χ2v) is 2.82. The van der Waals surface area contributed by atoms with Crippen LogP contribution in [0.2, 0.25) is 0 Å². The molecule has 1 aromatic heterocycles. The number of anilines is 1. The van der Waals surface area contributed by atoms with Crippen molar-refractivity contribution in [3.05, 3.63) is 12.0 Å². The van der Waals surface area contributed by atoms with Gasteiger partial charge in [0, 0.05) is 21.1 Å². The lowest BCUT2D eigenvalue weighted by Crippen LogP contribution is -2.27. The smallest absolute Gasteiger partial charge is 0.280 e. The summed E-state index contributed by atoms with van der Waals surface area (Å²) >= 11 is 0. The number of aromatic nitrogens is 2. The molecule has 2 amide bonds. The summed E-state index contributed by atoms with van der Waals surface area (Å²) in [7, 11) is 4.77. The predicted octanol–water partition coefficient (Wildman–Crippen LogP) is -0.310. The Labute approximate surface area is 81.5 Å². The topological polar surface area (TPSA) is 67.2 Å². The molecule has 6 heteroatoms. The molecule has 0 aromatic carbocycles. The van der Waals surface area contributed by atoms with Crippen molar-refractivity contribution in [1.29, 1.82) is 0 Å². The molecule has 1 rings (SSSR count). The van der Waals surface area contributed by atoms with E-state index in [0.29, 0.717) is 17.9 Å². The summed E-state index contributed by atoms with van der Waals surface area (Å²) in [6.45, 7) is 0. The van der Waals surface area contributed by atoms with Crippen molar-refractivity contribution < 1.29 is 9.59 Å². The van der Waals surface area contributed by atoms with Gasteiger partial charge in [-0.2, -0.15) is 0 Å². The Hall–Kier alpha value is -1.85. The highest BCUT2D eigenvalue weighted by atomic mass is 16.2. The third-order valence-electron chi connectivity index (χ3n) is 1.85. The minimum Gasteiger partial charge on any atom is -0.371 e. The molecule has 76 valence electrons. The molecule has 0 aliphatic carbocycles. The van der Waals surface area contributed by atoms with Crippen LogP contribution in [0.1, 0.15) is 10.5 Å². The number of carbonyl (C=O) groups is 2. The van der Waals surface area contributed by atoms with Gasteiger partial charge in [0.25, 0.3) is 5.91 Å². The van der Waals surface area contributed by atoms with Crippen LogP contribution in [0.15, 0.2) is 6.33 Å². The van der Waals surface area contributed by atoms with E-state index in [1.807, 2.05) is 0 Å². The van der Waals surface area contributed by atoms with Gasteiger partial charge in [-0.1, -0.05) is 0 Å². The molecule has 0 aliphatic heterocycles. The van der Waals surface area contributed by atoms with Crippen LogP contribution in [0, 0.1) is 0 Å². The van der Waals surface area contributed by atoms with E-state index in [1.54, 1.807) is 18.7 Å². The number of imide groups is 1. The molecule has 1 heterocycles. The molecule has 0 saturated carbocycles. The molecule has 6 nitrogen and oxygen atoms in total. The van der Waals surface area contributed by atoms with Crippen LogP contribution in [-0.4, -0.2) is 40.9 Å². The zero-order chi connectivity index (χ0) is 10.7. The molecule has 1 N–H and O–H groups in total. The Morgan fingerprint density at radius 3 is 2.86 bits per heavy atom. The number of hydrogen-bond acceptors (Lipinski definition) is 4. The van der Waals surface area contributed by atoms with Crippen molar-refractivity contribution in [2.45, 2.75) is 0 Å². The van der Waals surface area contributed by atoms with Gasteiger partial charge < -0.3 is 9.88 Å². The zero-order valence-corrected chi connectivity index (χ0v) is 8.31. The molecule has 0 radical (unpaired) electrons. The number of imidazole rings is 1. The lowest BCUT2D eigenvalue weighted by Gasteiger charge is -2.10. The summed E-state index contributed by atoms with van der Waals surface area (Å²) in [4.78, 5) is 27.0.